The minimum atomic E-state index is -3.79. The lowest BCUT2D eigenvalue weighted by molar-refractivity contribution is -0.149. The summed E-state index contributed by atoms with van der Waals surface area (Å²) in [5, 5.41) is 9.44. The van der Waals surface area contributed by atoms with Crippen LogP contribution in [0.1, 0.15) is 38.5 Å². The predicted molar refractivity (Wildman–Crippen MR) is 79.3 cm³/mol. The Morgan fingerprint density at radius 1 is 1.05 bits per heavy atom. The van der Waals surface area contributed by atoms with Gasteiger partial charge in [0.15, 0.2) is 0 Å². The van der Waals surface area contributed by atoms with E-state index in [2.05, 4.69) is 4.72 Å². The van der Waals surface area contributed by atoms with Crippen LogP contribution in [0.2, 0.25) is 0 Å². The van der Waals surface area contributed by atoms with E-state index in [-0.39, 0.29) is 6.54 Å². The van der Waals surface area contributed by atoms with E-state index in [0.717, 1.165) is 31.9 Å². The summed E-state index contributed by atoms with van der Waals surface area (Å²) in [6.45, 7) is -0.172. The highest BCUT2D eigenvalue weighted by Gasteiger charge is 2.39. The molecule has 9 heteroatoms. The summed E-state index contributed by atoms with van der Waals surface area (Å²) >= 11 is 0. The number of aliphatic carboxylic acids is 1. The zero-order valence-electron chi connectivity index (χ0n) is 12.2. The maximum atomic E-state index is 11.8. The number of carbonyl (C=O) groups is 1. The molecule has 0 aromatic rings. The SMILES string of the molecule is CS(=O)(=O)CCS(=O)(=O)NCC1(C(=O)O)CCCCCC1. The summed E-state index contributed by atoms with van der Waals surface area (Å²) in [4.78, 5) is 11.5. The molecule has 0 amide bonds. The average Bonchev–Trinajstić information content (AvgIpc) is 2.60. The molecule has 0 aliphatic heterocycles. The quantitative estimate of drug-likeness (QED) is 0.646. The number of carboxylic acid groups (broad SMARTS) is 1. The molecule has 0 aromatic heterocycles. The predicted octanol–water partition coefficient (Wildman–Crippen LogP) is 0.376. The van der Waals surface area contributed by atoms with Crippen LogP contribution in [-0.2, 0) is 24.7 Å². The van der Waals surface area contributed by atoms with E-state index in [1.165, 1.54) is 0 Å². The summed E-state index contributed by atoms with van der Waals surface area (Å²) in [5.41, 5.74) is -1.07. The van der Waals surface area contributed by atoms with Crippen molar-refractivity contribution in [3.05, 3.63) is 0 Å². The van der Waals surface area contributed by atoms with Gasteiger partial charge in [-0.25, -0.2) is 21.6 Å². The third kappa shape index (κ3) is 6.31. The zero-order valence-corrected chi connectivity index (χ0v) is 13.8. The van der Waals surface area contributed by atoms with Gasteiger partial charge >= 0.3 is 5.97 Å². The second-order valence-corrected chi connectivity index (χ2v) is 9.96. The first kappa shape index (κ1) is 18.4. The van der Waals surface area contributed by atoms with Crippen LogP contribution >= 0.6 is 0 Å². The van der Waals surface area contributed by atoms with Crippen molar-refractivity contribution in [1.29, 1.82) is 0 Å². The molecule has 124 valence electrons. The third-order valence-electron chi connectivity index (χ3n) is 3.87. The van der Waals surface area contributed by atoms with E-state index in [1.807, 2.05) is 0 Å². The average molecular weight is 341 g/mol. The molecule has 1 saturated carbocycles. The van der Waals surface area contributed by atoms with Gasteiger partial charge in [0, 0.05) is 12.8 Å². The highest BCUT2D eigenvalue weighted by Crippen LogP contribution is 2.35. The molecule has 0 saturated heterocycles. The van der Waals surface area contributed by atoms with E-state index < -0.39 is 42.8 Å². The number of carboxylic acids is 1. The van der Waals surface area contributed by atoms with Gasteiger partial charge in [-0.1, -0.05) is 25.7 Å². The molecule has 0 unspecified atom stereocenters. The molecule has 1 aliphatic carbocycles. The lowest BCUT2D eigenvalue weighted by Crippen LogP contribution is -2.44. The highest BCUT2D eigenvalue weighted by molar-refractivity contribution is 7.93. The molecular formula is C12H23NO6S2. The Hall–Kier alpha value is -0.670. The number of hydrogen-bond donors (Lipinski definition) is 2. The van der Waals surface area contributed by atoms with E-state index in [1.54, 1.807) is 0 Å². The van der Waals surface area contributed by atoms with Crippen LogP contribution in [0, 0.1) is 5.41 Å². The van der Waals surface area contributed by atoms with E-state index in [4.69, 9.17) is 0 Å². The van der Waals surface area contributed by atoms with E-state index in [9.17, 15) is 26.7 Å². The summed E-state index contributed by atoms with van der Waals surface area (Å²) < 4.78 is 47.9. The van der Waals surface area contributed by atoms with Crippen molar-refractivity contribution in [2.45, 2.75) is 38.5 Å². The Labute approximate surface area is 126 Å². The van der Waals surface area contributed by atoms with Crippen molar-refractivity contribution in [2.24, 2.45) is 5.41 Å². The van der Waals surface area contributed by atoms with Crippen LogP contribution in [0.5, 0.6) is 0 Å². The molecule has 0 aromatic carbocycles. The van der Waals surface area contributed by atoms with Gasteiger partial charge in [0.05, 0.1) is 16.9 Å². The fraction of sp³-hybridized carbons (Fsp3) is 0.917. The number of sulfonamides is 1. The first-order chi connectivity index (χ1) is 9.56. The lowest BCUT2D eigenvalue weighted by atomic mass is 9.80. The maximum absolute atomic E-state index is 11.8. The first-order valence-corrected chi connectivity index (χ1v) is 10.7. The van der Waals surface area contributed by atoms with Gasteiger partial charge in [0.25, 0.3) is 0 Å². The van der Waals surface area contributed by atoms with Crippen molar-refractivity contribution < 1.29 is 26.7 Å². The topological polar surface area (TPSA) is 118 Å². The molecule has 0 atom stereocenters. The molecule has 1 aliphatic rings. The van der Waals surface area contributed by atoms with Crippen molar-refractivity contribution in [3.8, 4) is 0 Å². The van der Waals surface area contributed by atoms with Crippen LogP contribution in [0.4, 0.5) is 0 Å². The standard InChI is InChI=1S/C12H23NO6S2/c1-20(16,17)8-9-21(18,19)13-10-12(11(14)15)6-4-2-3-5-7-12/h13H,2-10H2,1H3,(H,14,15). The molecule has 2 N–H and O–H groups in total. The van der Waals surface area contributed by atoms with Crippen molar-refractivity contribution in [2.75, 3.05) is 24.3 Å². The number of rotatable bonds is 7. The second kappa shape index (κ2) is 7.06. The zero-order chi connectivity index (χ0) is 16.1. The van der Waals surface area contributed by atoms with Gasteiger partial charge in [0.1, 0.15) is 9.84 Å². The van der Waals surface area contributed by atoms with Crippen LogP contribution in [0.3, 0.4) is 0 Å². The number of hydrogen-bond acceptors (Lipinski definition) is 5. The van der Waals surface area contributed by atoms with Gasteiger partial charge in [-0.05, 0) is 12.8 Å². The molecule has 0 radical (unpaired) electrons. The van der Waals surface area contributed by atoms with Crippen molar-refractivity contribution >= 4 is 25.8 Å². The number of sulfone groups is 1. The molecule has 21 heavy (non-hydrogen) atoms. The van der Waals surface area contributed by atoms with Gasteiger partial charge < -0.3 is 5.11 Å². The van der Waals surface area contributed by atoms with Gasteiger partial charge in [-0.3, -0.25) is 4.79 Å². The summed E-state index contributed by atoms with van der Waals surface area (Å²) in [5.74, 6) is -2.00. The normalized spacial score (nSPS) is 19.9. The van der Waals surface area contributed by atoms with Crippen LogP contribution in [-0.4, -0.2) is 52.2 Å². The van der Waals surface area contributed by atoms with Gasteiger partial charge in [-0.2, -0.15) is 0 Å². The molecule has 1 rings (SSSR count). The maximum Gasteiger partial charge on any atom is 0.310 e. The lowest BCUT2D eigenvalue weighted by Gasteiger charge is -2.28. The molecule has 0 bridgehead atoms. The van der Waals surface area contributed by atoms with Crippen LogP contribution < -0.4 is 4.72 Å². The summed E-state index contributed by atoms with van der Waals surface area (Å²) in [6.07, 6.45) is 5.28. The van der Waals surface area contributed by atoms with Crippen LogP contribution in [0.15, 0.2) is 0 Å². The number of nitrogens with one attached hydrogen (secondary N) is 1. The Morgan fingerprint density at radius 2 is 1.57 bits per heavy atom. The Bertz CT molecular complexity index is 559. The smallest absolute Gasteiger partial charge is 0.310 e. The first-order valence-electron chi connectivity index (χ1n) is 6.95. The Morgan fingerprint density at radius 3 is 2.00 bits per heavy atom. The minimum absolute atomic E-state index is 0.172. The molecule has 1 fully saturated rings. The van der Waals surface area contributed by atoms with Gasteiger partial charge in [-0.15, -0.1) is 0 Å². The fourth-order valence-corrected chi connectivity index (χ4v) is 5.18. The highest BCUT2D eigenvalue weighted by atomic mass is 32.2. The summed E-state index contributed by atoms with van der Waals surface area (Å²) in [6, 6.07) is 0. The molecule has 0 heterocycles. The van der Waals surface area contributed by atoms with E-state index >= 15 is 0 Å². The Kier molecular flexibility index (Phi) is 6.18. The Balaban J connectivity index is 2.70. The molecule has 0 spiro atoms. The molecule has 7 nitrogen and oxygen atoms in total. The monoisotopic (exact) mass is 341 g/mol. The summed E-state index contributed by atoms with van der Waals surface area (Å²) in [7, 11) is -7.16. The fourth-order valence-electron chi connectivity index (χ4n) is 2.45. The van der Waals surface area contributed by atoms with Crippen molar-refractivity contribution in [1.82, 2.24) is 4.72 Å². The largest absolute Gasteiger partial charge is 0.481 e. The molecular weight excluding hydrogens is 318 g/mol. The van der Waals surface area contributed by atoms with Crippen LogP contribution in [0.25, 0.3) is 0 Å². The third-order valence-corrected chi connectivity index (χ3v) is 6.40. The second-order valence-electron chi connectivity index (χ2n) is 5.77. The van der Waals surface area contributed by atoms with Crippen molar-refractivity contribution in [3.63, 3.8) is 0 Å². The van der Waals surface area contributed by atoms with E-state index in [0.29, 0.717) is 12.8 Å². The van der Waals surface area contributed by atoms with Gasteiger partial charge in [0.2, 0.25) is 10.0 Å². The minimum Gasteiger partial charge on any atom is -0.481 e.